The lowest BCUT2D eigenvalue weighted by atomic mass is 10.1. The van der Waals surface area contributed by atoms with E-state index in [1.165, 1.54) is 6.07 Å². The van der Waals surface area contributed by atoms with Crippen LogP contribution in [0.3, 0.4) is 0 Å². The van der Waals surface area contributed by atoms with Crippen LogP contribution in [0.2, 0.25) is 0 Å². The molecule has 0 amide bonds. The van der Waals surface area contributed by atoms with Gasteiger partial charge in [0.05, 0.1) is 4.47 Å². The number of halogens is 2. The molecular weight excluding hydrogens is 291 g/mol. The molecule has 0 radical (unpaired) electrons. The van der Waals surface area contributed by atoms with Crippen LogP contribution < -0.4 is 4.74 Å². The first-order chi connectivity index (χ1) is 8.09. The van der Waals surface area contributed by atoms with Crippen molar-refractivity contribution in [2.45, 2.75) is 6.36 Å². The number of rotatable bonds is 3. The molecule has 0 aliphatic carbocycles. The fourth-order valence-electron chi connectivity index (χ4n) is 1.47. The molecule has 2 aromatic carbocycles. The van der Waals surface area contributed by atoms with Crippen molar-refractivity contribution in [3.8, 4) is 5.75 Å². The highest BCUT2D eigenvalue weighted by Gasteiger charge is 2.19. The third-order valence-electron chi connectivity index (χ3n) is 2.25. The molecule has 0 aromatic heterocycles. The molecule has 1 N–H and O–H groups in total. The molecule has 88 valence electrons. The normalized spacial score (nSPS) is 12.4. The van der Waals surface area contributed by atoms with Gasteiger partial charge in [-0.1, -0.05) is 30.3 Å². The van der Waals surface area contributed by atoms with Crippen LogP contribution >= 0.6 is 15.9 Å². The van der Waals surface area contributed by atoms with Gasteiger partial charge in [-0.05, 0) is 32.8 Å². The van der Waals surface area contributed by atoms with Crippen LogP contribution in [0.25, 0.3) is 10.8 Å². The number of aliphatic carboxylic acids is 1. The Balaban J connectivity index is 2.42. The number of hydrogen-bond acceptors (Lipinski definition) is 2. The lowest BCUT2D eigenvalue weighted by molar-refractivity contribution is -0.153. The zero-order valence-electron chi connectivity index (χ0n) is 8.56. The van der Waals surface area contributed by atoms with Crippen molar-refractivity contribution >= 4 is 32.7 Å². The van der Waals surface area contributed by atoms with Crippen LogP contribution in [0.4, 0.5) is 4.39 Å². The molecule has 1 unspecified atom stereocenters. The average Bonchev–Trinajstić information content (AvgIpc) is 2.33. The predicted molar refractivity (Wildman–Crippen MR) is 64.8 cm³/mol. The molecular formula is C12H8BrFO3. The van der Waals surface area contributed by atoms with E-state index < -0.39 is 12.3 Å². The molecule has 1 atom stereocenters. The van der Waals surface area contributed by atoms with Gasteiger partial charge in [-0.15, -0.1) is 0 Å². The van der Waals surface area contributed by atoms with Crippen molar-refractivity contribution in [3.05, 3.63) is 40.9 Å². The monoisotopic (exact) mass is 298 g/mol. The molecule has 2 aromatic rings. The van der Waals surface area contributed by atoms with E-state index in [2.05, 4.69) is 15.9 Å². The van der Waals surface area contributed by atoms with Gasteiger partial charge in [0.2, 0.25) is 0 Å². The summed E-state index contributed by atoms with van der Waals surface area (Å²) in [6, 6.07) is 10.7. The second kappa shape index (κ2) is 4.71. The fraction of sp³-hybridized carbons (Fsp3) is 0.0833. The number of benzene rings is 2. The summed E-state index contributed by atoms with van der Waals surface area (Å²) in [6.07, 6.45) is -2.37. The summed E-state index contributed by atoms with van der Waals surface area (Å²) >= 11 is 3.27. The molecule has 5 heteroatoms. The Morgan fingerprint density at radius 1 is 1.29 bits per heavy atom. The summed E-state index contributed by atoms with van der Waals surface area (Å²) in [7, 11) is 0. The maximum atomic E-state index is 12.9. The van der Waals surface area contributed by atoms with E-state index in [4.69, 9.17) is 9.84 Å². The summed E-state index contributed by atoms with van der Waals surface area (Å²) < 4.78 is 18.2. The highest BCUT2D eigenvalue weighted by molar-refractivity contribution is 9.10. The van der Waals surface area contributed by atoms with Crippen LogP contribution in [0.15, 0.2) is 40.9 Å². The van der Waals surface area contributed by atoms with Gasteiger partial charge in [0.15, 0.2) is 0 Å². The number of ether oxygens (including phenoxy) is 1. The topological polar surface area (TPSA) is 46.5 Å². The van der Waals surface area contributed by atoms with Gasteiger partial charge >= 0.3 is 12.3 Å². The van der Waals surface area contributed by atoms with Gasteiger partial charge in [-0.2, -0.15) is 4.39 Å². The molecule has 2 rings (SSSR count). The molecule has 0 saturated carbocycles. The summed E-state index contributed by atoms with van der Waals surface area (Å²) in [5.41, 5.74) is 0. The van der Waals surface area contributed by atoms with Crippen LogP contribution in [-0.4, -0.2) is 17.4 Å². The average molecular weight is 299 g/mol. The minimum Gasteiger partial charge on any atom is -0.476 e. The highest BCUT2D eigenvalue weighted by atomic mass is 79.9. The van der Waals surface area contributed by atoms with Crippen molar-refractivity contribution in [1.29, 1.82) is 0 Å². The zero-order valence-corrected chi connectivity index (χ0v) is 10.1. The Hall–Kier alpha value is -1.62. The lowest BCUT2D eigenvalue weighted by Crippen LogP contribution is -2.21. The van der Waals surface area contributed by atoms with E-state index in [1.54, 1.807) is 6.07 Å². The van der Waals surface area contributed by atoms with Gasteiger partial charge < -0.3 is 9.84 Å². The largest absolute Gasteiger partial charge is 0.476 e. The molecule has 3 nitrogen and oxygen atoms in total. The number of carbonyl (C=O) groups is 1. The van der Waals surface area contributed by atoms with Gasteiger partial charge in [0.25, 0.3) is 0 Å². The molecule has 17 heavy (non-hydrogen) atoms. The number of hydrogen-bond donors (Lipinski definition) is 1. The second-order valence-corrected chi connectivity index (χ2v) is 4.16. The Bertz CT molecular complexity index is 571. The fourth-order valence-corrected chi connectivity index (χ4v) is 2.05. The molecule has 0 aliphatic rings. The van der Waals surface area contributed by atoms with E-state index in [-0.39, 0.29) is 5.75 Å². The van der Waals surface area contributed by atoms with Crippen molar-refractivity contribution in [1.82, 2.24) is 0 Å². The maximum absolute atomic E-state index is 12.9. The highest BCUT2D eigenvalue weighted by Crippen LogP contribution is 2.33. The summed E-state index contributed by atoms with van der Waals surface area (Å²) in [4.78, 5) is 10.4. The van der Waals surface area contributed by atoms with Crippen LogP contribution in [0, 0.1) is 0 Å². The summed E-state index contributed by atoms with van der Waals surface area (Å²) in [6.45, 7) is 0. The van der Waals surface area contributed by atoms with E-state index in [0.29, 0.717) is 4.47 Å². The number of carboxylic acid groups (broad SMARTS) is 1. The molecule has 0 aliphatic heterocycles. The molecule has 0 fully saturated rings. The zero-order chi connectivity index (χ0) is 12.4. The van der Waals surface area contributed by atoms with Crippen molar-refractivity contribution < 1.29 is 19.0 Å². The van der Waals surface area contributed by atoms with E-state index >= 15 is 0 Å². The summed E-state index contributed by atoms with van der Waals surface area (Å²) in [5.74, 6) is -1.48. The smallest absolute Gasteiger partial charge is 0.378 e. The number of fused-ring (bicyclic) bond motifs is 1. The first-order valence-corrected chi connectivity index (χ1v) is 5.59. The van der Waals surface area contributed by atoms with Gasteiger partial charge in [-0.25, -0.2) is 4.79 Å². The second-order valence-electron chi connectivity index (χ2n) is 3.37. The minimum atomic E-state index is -2.37. The third kappa shape index (κ3) is 2.39. The Morgan fingerprint density at radius 3 is 2.71 bits per heavy atom. The molecule has 0 heterocycles. The SMILES string of the molecule is O=C(O)C(F)Oc1ccc2ccccc2c1Br. The molecule has 0 saturated heterocycles. The third-order valence-corrected chi connectivity index (χ3v) is 3.07. The Labute approximate surface area is 105 Å². The van der Waals surface area contributed by atoms with E-state index in [9.17, 15) is 9.18 Å². The number of alkyl halides is 1. The van der Waals surface area contributed by atoms with E-state index in [1.807, 2.05) is 24.3 Å². The minimum absolute atomic E-state index is 0.165. The van der Waals surface area contributed by atoms with Gasteiger partial charge in [-0.3, -0.25) is 0 Å². The Kier molecular flexibility index (Phi) is 3.28. The molecule has 0 spiro atoms. The van der Waals surface area contributed by atoms with Gasteiger partial charge in [0, 0.05) is 0 Å². The van der Waals surface area contributed by atoms with Crippen LogP contribution in [0.1, 0.15) is 0 Å². The van der Waals surface area contributed by atoms with Crippen LogP contribution in [-0.2, 0) is 4.79 Å². The Morgan fingerprint density at radius 2 is 2.00 bits per heavy atom. The first kappa shape index (κ1) is 11.9. The van der Waals surface area contributed by atoms with Gasteiger partial charge in [0.1, 0.15) is 5.75 Å². The predicted octanol–water partition coefficient (Wildman–Crippen LogP) is 3.36. The first-order valence-electron chi connectivity index (χ1n) is 4.80. The van der Waals surface area contributed by atoms with E-state index in [0.717, 1.165) is 10.8 Å². The van der Waals surface area contributed by atoms with Crippen molar-refractivity contribution in [2.24, 2.45) is 0 Å². The quantitative estimate of drug-likeness (QED) is 0.945. The molecule has 0 bridgehead atoms. The summed E-state index contributed by atoms with van der Waals surface area (Å²) in [5, 5.41) is 10.2. The maximum Gasteiger partial charge on any atom is 0.378 e. The van der Waals surface area contributed by atoms with Crippen LogP contribution in [0.5, 0.6) is 5.75 Å². The lowest BCUT2D eigenvalue weighted by Gasteiger charge is -2.11. The van der Waals surface area contributed by atoms with Crippen molar-refractivity contribution in [3.63, 3.8) is 0 Å². The van der Waals surface area contributed by atoms with Crippen molar-refractivity contribution in [2.75, 3.05) is 0 Å². The standard InChI is InChI=1S/C12H8BrFO3/c13-10-8-4-2-1-3-7(8)5-6-9(10)17-11(14)12(15)16/h1-6,11H,(H,15,16). The number of carboxylic acids is 1.